The molecule has 3 rings (SSSR count). The lowest BCUT2D eigenvalue weighted by atomic mass is 10.2. The van der Waals surface area contributed by atoms with Crippen LogP contribution in [0.3, 0.4) is 0 Å². The Bertz CT molecular complexity index is 477. The second kappa shape index (κ2) is 5.58. The van der Waals surface area contributed by atoms with Crippen molar-refractivity contribution in [2.24, 2.45) is 0 Å². The molecule has 0 saturated carbocycles. The van der Waals surface area contributed by atoms with Crippen LogP contribution in [-0.4, -0.2) is 73.0 Å². The van der Waals surface area contributed by atoms with Crippen LogP contribution in [0.5, 0.6) is 0 Å². The van der Waals surface area contributed by atoms with Gasteiger partial charge in [-0.2, -0.15) is 0 Å². The van der Waals surface area contributed by atoms with Gasteiger partial charge in [0, 0.05) is 50.9 Å². The lowest BCUT2D eigenvalue weighted by Crippen LogP contribution is -2.50. The van der Waals surface area contributed by atoms with E-state index in [0.29, 0.717) is 11.8 Å². The summed E-state index contributed by atoms with van der Waals surface area (Å²) in [6.45, 7) is 8.08. The van der Waals surface area contributed by atoms with Crippen LogP contribution >= 0.6 is 0 Å². The van der Waals surface area contributed by atoms with Gasteiger partial charge in [0.25, 0.3) is 5.91 Å². The molecule has 0 unspecified atom stereocenters. The number of likely N-dealkylation sites (tertiary alicyclic amines) is 1. The smallest absolute Gasteiger partial charge is 0.289 e. The molecule has 3 heterocycles. The van der Waals surface area contributed by atoms with Gasteiger partial charge in [0.2, 0.25) is 0 Å². The Morgan fingerprint density at radius 1 is 1.25 bits per heavy atom. The summed E-state index contributed by atoms with van der Waals surface area (Å²) in [5, 5.41) is 0. The van der Waals surface area contributed by atoms with Gasteiger partial charge < -0.3 is 14.2 Å². The molecule has 5 heteroatoms. The van der Waals surface area contributed by atoms with E-state index in [1.807, 2.05) is 17.9 Å². The van der Waals surface area contributed by atoms with Crippen molar-refractivity contribution in [1.29, 1.82) is 0 Å². The van der Waals surface area contributed by atoms with Crippen LogP contribution in [0.1, 0.15) is 22.5 Å². The fraction of sp³-hybridized carbons (Fsp3) is 0.667. The predicted octanol–water partition coefficient (Wildman–Crippen LogP) is 1.05. The van der Waals surface area contributed by atoms with Gasteiger partial charge in [-0.1, -0.05) is 0 Å². The van der Waals surface area contributed by atoms with Crippen LogP contribution in [0.4, 0.5) is 0 Å². The molecule has 20 heavy (non-hydrogen) atoms. The lowest BCUT2D eigenvalue weighted by Gasteiger charge is -2.36. The molecule has 0 spiro atoms. The number of amides is 1. The minimum atomic E-state index is 0.0455. The SMILES string of the molecule is Cc1ccoc1C(=O)N1CC[C@@H](N2CCN(C)CC2)C1. The largest absolute Gasteiger partial charge is 0.459 e. The van der Waals surface area contributed by atoms with Gasteiger partial charge in [-0.3, -0.25) is 9.69 Å². The maximum atomic E-state index is 12.4. The summed E-state index contributed by atoms with van der Waals surface area (Å²) in [6, 6.07) is 2.37. The first-order valence-corrected chi connectivity index (χ1v) is 7.41. The Kier molecular flexibility index (Phi) is 3.81. The summed E-state index contributed by atoms with van der Waals surface area (Å²) in [7, 11) is 2.17. The fourth-order valence-electron chi connectivity index (χ4n) is 3.15. The van der Waals surface area contributed by atoms with Crippen molar-refractivity contribution in [2.45, 2.75) is 19.4 Å². The highest BCUT2D eigenvalue weighted by Crippen LogP contribution is 2.20. The van der Waals surface area contributed by atoms with E-state index >= 15 is 0 Å². The van der Waals surface area contributed by atoms with Crippen molar-refractivity contribution in [2.75, 3.05) is 46.3 Å². The summed E-state index contributed by atoms with van der Waals surface area (Å²) >= 11 is 0. The molecule has 2 aliphatic rings. The van der Waals surface area contributed by atoms with Crippen LogP contribution < -0.4 is 0 Å². The summed E-state index contributed by atoms with van der Waals surface area (Å²) in [5.41, 5.74) is 0.929. The Morgan fingerprint density at radius 2 is 2.00 bits per heavy atom. The van der Waals surface area contributed by atoms with E-state index in [1.165, 1.54) is 0 Å². The number of piperazine rings is 1. The maximum Gasteiger partial charge on any atom is 0.289 e. The highest BCUT2D eigenvalue weighted by molar-refractivity contribution is 5.93. The molecule has 1 atom stereocenters. The third-order valence-electron chi connectivity index (χ3n) is 4.56. The Morgan fingerprint density at radius 3 is 2.65 bits per heavy atom. The van der Waals surface area contributed by atoms with E-state index in [0.717, 1.165) is 51.3 Å². The number of likely N-dealkylation sites (N-methyl/N-ethyl adjacent to an activating group) is 1. The molecule has 1 aromatic rings. The molecular weight excluding hydrogens is 254 g/mol. The van der Waals surface area contributed by atoms with Gasteiger partial charge in [-0.15, -0.1) is 0 Å². The van der Waals surface area contributed by atoms with Crippen LogP contribution in [-0.2, 0) is 0 Å². The maximum absolute atomic E-state index is 12.4. The third-order valence-corrected chi connectivity index (χ3v) is 4.56. The van der Waals surface area contributed by atoms with Crippen molar-refractivity contribution in [1.82, 2.24) is 14.7 Å². The number of aryl methyl sites for hydroxylation is 1. The van der Waals surface area contributed by atoms with Gasteiger partial charge in [-0.25, -0.2) is 0 Å². The molecule has 0 aromatic carbocycles. The van der Waals surface area contributed by atoms with E-state index in [1.54, 1.807) is 6.26 Å². The van der Waals surface area contributed by atoms with Crippen LogP contribution in [0, 0.1) is 6.92 Å². The minimum Gasteiger partial charge on any atom is -0.459 e. The van der Waals surface area contributed by atoms with Gasteiger partial charge in [-0.05, 0) is 26.5 Å². The summed E-state index contributed by atoms with van der Waals surface area (Å²) in [5.74, 6) is 0.549. The van der Waals surface area contributed by atoms with Crippen LogP contribution in [0.25, 0.3) is 0 Å². The Balaban J connectivity index is 1.59. The standard InChI is InChI=1S/C15H23N3O2/c1-12-4-10-20-14(12)15(19)18-5-3-13(11-18)17-8-6-16(2)7-9-17/h4,10,13H,3,5-9,11H2,1-2H3/t13-/m1/s1. The van der Waals surface area contributed by atoms with Crippen molar-refractivity contribution in [3.8, 4) is 0 Å². The molecule has 2 aliphatic heterocycles. The van der Waals surface area contributed by atoms with E-state index < -0.39 is 0 Å². The Hall–Kier alpha value is -1.33. The lowest BCUT2D eigenvalue weighted by molar-refractivity contribution is 0.0724. The molecule has 5 nitrogen and oxygen atoms in total. The monoisotopic (exact) mass is 277 g/mol. The average Bonchev–Trinajstić information content (AvgIpc) is 3.08. The molecule has 2 saturated heterocycles. The highest BCUT2D eigenvalue weighted by atomic mass is 16.3. The number of nitrogens with zero attached hydrogens (tertiary/aromatic N) is 3. The summed E-state index contributed by atoms with van der Waals surface area (Å²) in [4.78, 5) is 19.2. The quantitative estimate of drug-likeness (QED) is 0.810. The minimum absolute atomic E-state index is 0.0455. The van der Waals surface area contributed by atoms with Gasteiger partial charge in [0.05, 0.1) is 6.26 Å². The molecule has 0 radical (unpaired) electrons. The molecule has 0 aliphatic carbocycles. The van der Waals surface area contributed by atoms with Crippen molar-refractivity contribution >= 4 is 5.91 Å². The number of carbonyl (C=O) groups is 1. The van der Waals surface area contributed by atoms with E-state index in [-0.39, 0.29) is 5.91 Å². The first-order chi connectivity index (χ1) is 9.65. The van der Waals surface area contributed by atoms with Crippen molar-refractivity contribution in [3.63, 3.8) is 0 Å². The predicted molar refractivity (Wildman–Crippen MR) is 76.8 cm³/mol. The zero-order chi connectivity index (χ0) is 14.1. The number of furan rings is 1. The third kappa shape index (κ3) is 2.60. The Labute approximate surface area is 120 Å². The zero-order valence-electron chi connectivity index (χ0n) is 12.3. The van der Waals surface area contributed by atoms with Gasteiger partial charge in [0.15, 0.2) is 5.76 Å². The first kappa shape index (κ1) is 13.6. The van der Waals surface area contributed by atoms with E-state index in [9.17, 15) is 4.79 Å². The topological polar surface area (TPSA) is 39.9 Å². The van der Waals surface area contributed by atoms with Crippen LogP contribution in [0.2, 0.25) is 0 Å². The summed E-state index contributed by atoms with van der Waals surface area (Å²) in [6.07, 6.45) is 2.67. The second-order valence-corrected chi connectivity index (χ2v) is 5.97. The number of hydrogen-bond donors (Lipinski definition) is 0. The molecule has 0 bridgehead atoms. The normalized spacial score (nSPS) is 25.3. The molecule has 0 N–H and O–H groups in total. The molecule has 2 fully saturated rings. The first-order valence-electron chi connectivity index (χ1n) is 7.41. The molecule has 110 valence electrons. The van der Waals surface area contributed by atoms with Crippen molar-refractivity contribution < 1.29 is 9.21 Å². The number of carbonyl (C=O) groups excluding carboxylic acids is 1. The van der Waals surface area contributed by atoms with Crippen molar-refractivity contribution in [3.05, 3.63) is 23.7 Å². The highest BCUT2D eigenvalue weighted by Gasteiger charge is 2.33. The average molecular weight is 277 g/mol. The second-order valence-electron chi connectivity index (χ2n) is 5.97. The van der Waals surface area contributed by atoms with E-state index in [2.05, 4.69) is 16.8 Å². The number of rotatable bonds is 2. The van der Waals surface area contributed by atoms with E-state index in [4.69, 9.17) is 4.42 Å². The van der Waals surface area contributed by atoms with Gasteiger partial charge >= 0.3 is 0 Å². The van der Waals surface area contributed by atoms with Crippen LogP contribution in [0.15, 0.2) is 16.7 Å². The molecule has 1 amide bonds. The zero-order valence-corrected chi connectivity index (χ0v) is 12.3. The fourth-order valence-corrected chi connectivity index (χ4v) is 3.15. The summed E-state index contributed by atoms with van der Waals surface area (Å²) < 4.78 is 5.32. The molecular formula is C15H23N3O2. The van der Waals surface area contributed by atoms with Gasteiger partial charge in [0.1, 0.15) is 0 Å². The number of hydrogen-bond acceptors (Lipinski definition) is 4. The molecule has 1 aromatic heterocycles.